The molecule has 2 aromatic carbocycles. The van der Waals surface area contributed by atoms with E-state index in [2.05, 4.69) is 28.6 Å². The lowest BCUT2D eigenvalue weighted by molar-refractivity contribution is -0.00224. The fraction of sp³-hybridized carbons (Fsp3) is 0.444. The Labute approximate surface area is 198 Å². The van der Waals surface area contributed by atoms with Crippen LogP contribution in [0.4, 0.5) is 4.39 Å². The van der Waals surface area contributed by atoms with Gasteiger partial charge >= 0.3 is 0 Å². The van der Waals surface area contributed by atoms with Gasteiger partial charge in [-0.25, -0.2) is 4.39 Å². The van der Waals surface area contributed by atoms with Crippen LogP contribution in [0.25, 0.3) is 10.9 Å². The van der Waals surface area contributed by atoms with Crippen molar-refractivity contribution in [2.75, 3.05) is 39.9 Å². The highest BCUT2D eigenvalue weighted by molar-refractivity contribution is 5.96. The Morgan fingerprint density at radius 3 is 2.65 bits per heavy atom. The molecule has 2 aliphatic heterocycles. The van der Waals surface area contributed by atoms with Gasteiger partial charge in [-0.1, -0.05) is 6.07 Å². The first-order chi connectivity index (χ1) is 16.4. The number of aliphatic hydroxyl groups is 1. The number of methoxy groups -OCH3 is 1. The van der Waals surface area contributed by atoms with Gasteiger partial charge in [-0.05, 0) is 54.7 Å². The SMILES string of the molecule is COc1ccc2c3c(n(C)c2c1)[C@H](CO)N(CC1CC1)CC31CN(C(=O)c2cccc(F)c2)C1. The lowest BCUT2D eigenvalue weighted by Crippen LogP contribution is -2.67. The summed E-state index contributed by atoms with van der Waals surface area (Å²) in [5.74, 6) is 0.955. The highest BCUT2D eigenvalue weighted by Gasteiger charge is 2.55. The van der Waals surface area contributed by atoms with Crippen LogP contribution in [0.2, 0.25) is 0 Å². The van der Waals surface area contributed by atoms with Crippen molar-refractivity contribution in [3.63, 3.8) is 0 Å². The number of aryl methyl sites for hydroxylation is 1. The number of carbonyl (C=O) groups is 1. The maximum absolute atomic E-state index is 13.7. The minimum atomic E-state index is -0.398. The number of likely N-dealkylation sites (tertiary alicyclic amines) is 1. The Balaban J connectivity index is 1.43. The molecule has 1 spiro atoms. The van der Waals surface area contributed by atoms with E-state index in [4.69, 9.17) is 4.74 Å². The third-order valence-electron chi connectivity index (χ3n) is 7.95. The maximum Gasteiger partial charge on any atom is 0.254 e. The summed E-state index contributed by atoms with van der Waals surface area (Å²) in [5.41, 5.74) is 3.62. The van der Waals surface area contributed by atoms with Crippen molar-refractivity contribution in [2.45, 2.75) is 24.3 Å². The molecular formula is C27H30FN3O3. The fourth-order valence-electron chi connectivity index (χ4n) is 6.18. The van der Waals surface area contributed by atoms with E-state index in [1.165, 1.54) is 30.5 Å². The molecule has 1 N–H and O–H groups in total. The Morgan fingerprint density at radius 2 is 1.97 bits per heavy atom. The number of aliphatic hydroxyl groups excluding tert-OH is 1. The van der Waals surface area contributed by atoms with Crippen LogP contribution < -0.4 is 4.74 Å². The van der Waals surface area contributed by atoms with E-state index in [1.54, 1.807) is 19.2 Å². The number of hydrogen-bond acceptors (Lipinski definition) is 4. The zero-order chi connectivity index (χ0) is 23.6. The number of rotatable bonds is 5. The number of amides is 1. The van der Waals surface area contributed by atoms with Crippen molar-refractivity contribution >= 4 is 16.8 Å². The zero-order valence-electron chi connectivity index (χ0n) is 19.6. The van der Waals surface area contributed by atoms with Crippen molar-refractivity contribution in [1.29, 1.82) is 0 Å². The third-order valence-corrected chi connectivity index (χ3v) is 7.95. The molecule has 0 unspecified atom stereocenters. The van der Waals surface area contributed by atoms with Crippen LogP contribution >= 0.6 is 0 Å². The number of benzene rings is 2. The van der Waals surface area contributed by atoms with Gasteiger partial charge in [-0.3, -0.25) is 9.69 Å². The summed E-state index contributed by atoms with van der Waals surface area (Å²) in [7, 11) is 3.73. The molecule has 0 radical (unpaired) electrons. The predicted molar refractivity (Wildman–Crippen MR) is 128 cm³/mol. The fourth-order valence-corrected chi connectivity index (χ4v) is 6.18. The number of hydrogen-bond donors (Lipinski definition) is 1. The van der Waals surface area contributed by atoms with Gasteiger partial charge in [0, 0.05) is 61.4 Å². The Kier molecular flexibility index (Phi) is 4.97. The van der Waals surface area contributed by atoms with Gasteiger partial charge in [0.05, 0.1) is 25.3 Å². The molecule has 34 heavy (non-hydrogen) atoms. The standard InChI is InChI=1S/C27H30FN3O3/c1-29-22-11-20(34-2)8-9-21(22)24-25(29)23(13-32)30(12-17-6-7-17)14-27(24)15-31(16-27)26(33)18-4-3-5-19(28)10-18/h3-5,8-11,17,23,32H,6-7,12-16H2,1-2H3/t23-/m0/s1. The lowest BCUT2D eigenvalue weighted by atomic mass is 9.68. The molecule has 1 atom stereocenters. The van der Waals surface area contributed by atoms with E-state index < -0.39 is 5.82 Å². The third kappa shape index (κ3) is 3.25. The Morgan fingerprint density at radius 1 is 1.18 bits per heavy atom. The van der Waals surface area contributed by atoms with Crippen molar-refractivity contribution in [3.8, 4) is 5.75 Å². The summed E-state index contributed by atoms with van der Waals surface area (Å²) in [6, 6.07) is 12.0. The van der Waals surface area contributed by atoms with Gasteiger partial charge in [0.2, 0.25) is 0 Å². The first-order valence-electron chi connectivity index (χ1n) is 12.0. The molecule has 7 heteroatoms. The largest absolute Gasteiger partial charge is 0.497 e. The minimum Gasteiger partial charge on any atom is -0.497 e. The molecule has 1 aromatic heterocycles. The maximum atomic E-state index is 13.7. The molecule has 178 valence electrons. The van der Waals surface area contributed by atoms with Crippen LogP contribution in [-0.4, -0.2) is 65.3 Å². The van der Waals surface area contributed by atoms with Gasteiger partial charge < -0.3 is 19.3 Å². The lowest BCUT2D eigenvalue weighted by Gasteiger charge is -2.56. The van der Waals surface area contributed by atoms with Crippen LogP contribution in [0.1, 0.15) is 40.5 Å². The van der Waals surface area contributed by atoms with Gasteiger partial charge in [0.15, 0.2) is 0 Å². The van der Waals surface area contributed by atoms with E-state index in [1.807, 2.05) is 11.0 Å². The number of carbonyl (C=O) groups excluding carboxylic acids is 1. The summed E-state index contributed by atoms with van der Waals surface area (Å²) in [6.07, 6.45) is 2.48. The molecule has 1 saturated heterocycles. The molecule has 3 aromatic rings. The van der Waals surface area contributed by atoms with Gasteiger partial charge in [0.1, 0.15) is 11.6 Å². The van der Waals surface area contributed by atoms with Gasteiger partial charge in [-0.15, -0.1) is 0 Å². The molecule has 0 bridgehead atoms. The summed E-state index contributed by atoms with van der Waals surface area (Å²) in [5, 5.41) is 11.6. The van der Waals surface area contributed by atoms with Crippen molar-refractivity contribution in [2.24, 2.45) is 13.0 Å². The summed E-state index contributed by atoms with van der Waals surface area (Å²) >= 11 is 0. The topological polar surface area (TPSA) is 57.9 Å². The Bertz CT molecular complexity index is 1280. The van der Waals surface area contributed by atoms with Crippen LogP contribution in [0.3, 0.4) is 0 Å². The predicted octanol–water partition coefficient (Wildman–Crippen LogP) is 3.48. The quantitative estimate of drug-likeness (QED) is 0.630. The monoisotopic (exact) mass is 463 g/mol. The summed E-state index contributed by atoms with van der Waals surface area (Å²) < 4.78 is 21.4. The smallest absolute Gasteiger partial charge is 0.254 e. The second kappa shape index (κ2) is 7.82. The Hall–Kier alpha value is -2.90. The normalized spacial score (nSPS) is 21.5. The molecule has 6 rings (SSSR count). The average Bonchev–Trinajstić information content (AvgIpc) is 3.59. The summed E-state index contributed by atoms with van der Waals surface area (Å²) in [4.78, 5) is 17.4. The van der Waals surface area contributed by atoms with Crippen molar-refractivity contribution in [3.05, 3.63) is 65.1 Å². The number of nitrogens with zero attached hydrogens (tertiary/aromatic N) is 3. The molecule has 1 amide bonds. The molecule has 1 saturated carbocycles. The van der Waals surface area contributed by atoms with E-state index in [9.17, 15) is 14.3 Å². The second-order valence-corrected chi connectivity index (χ2v) is 10.2. The van der Waals surface area contributed by atoms with E-state index in [-0.39, 0.29) is 24.0 Å². The molecule has 2 fully saturated rings. The molecule has 3 heterocycles. The highest BCUT2D eigenvalue weighted by Crippen LogP contribution is 2.50. The molecule has 1 aliphatic carbocycles. The van der Waals surface area contributed by atoms with Crippen LogP contribution in [0.5, 0.6) is 5.75 Å². The number of ether oxygens (including phenoxy) is 1. The van der Waals surface area contributed by atoms with Crippen molar-refractivity contribution < 1.29 is 19.0 Å². The van der Waals surface area contributed by atoms with Crippen LogP contribution in [0.15, 0.2) is 42.5 Å². The number of fused-ring (bicyclic) bond motifs is 4. The second-order valence-electron chi connectivity index (χ2n) is 10.2. The number of halogens is 1. The average molecular weight is 464 g/mol. The molecule has 3 aliphatic rings. The highest BCUT2D eigenvalue weighted by atomic mass is 19.1. The van der Waals surface area contributed by atoms with E-state index in [0.717, 1.165) is 35.4 Å². The van der Waals surface area contributed by atoms with Crippen molar-refractivity contribution in [1.82, 2.24) is 14.4 Å². The molecular weight excluding hydrogens is 433 g/mol. The minimum absolute atomic E-state index is 0.0586. The first kappa shape index (κ1) is 21.6. The summed E-state index contributed by atoms with van der Waals surface area (Å²) in [6.45, 7) is 3.00. The molecule has 6 nitrogen and oxygen atoms in total. The van der Waals surface area contributed by atoms with Gasteiger partial charge in [-0.2, -0.15) is 0 Å². The first-order valence-corrected chi connectivity index (χ1v) is 12.0. The number of aromatic nitrogens is 1. The van der Waals surface area contributed by atoms with Crippen LogP contribution in [0, 0.1) is 11.7 Å². The zero-order valence-corrected chi connectivity index (χ0v) is 19.6. The van der Waals surface area contributed by atoms with Gasteiger partial charge in [0.25, 0.3) is 5.91 Å². The van der Waals surface area contributed by atoms with E-state index >= 15 is 0 Å². The van der Waals surface area contributed by atoms with Crippen LogP contribution in [-0.2, 0) is 12.5 Å². The van der Waals surface area contributed by atoms with E-state index in [0.29, 0.717) is 24.6 Å².